The van der Waals surface area contributed by atoms with E-state index >= 15 is 0 Å². The molecule has 27 heavy (non-hydrogen) atoms. The van der Waals surface area contributed by atoms with Crippen LogP contribution >= 0.6 is 12.4 Å². The fourth-order valence-electron chi connectivity index (χ4n) is 4.26. The number of hydrogen-bond donors (Lipinski definition) is 1. The van der Waals surface area contributed by atoms with Gasteiger partial charge in [0, 0.05) is 19.5 Å². The van der Waals surface area contributed by atoms with Gasteiger partial charge in [-0.25, -0.2) is 0 Å². The van der Waals surface area contributed by atoms with Crippen molar-refractivity contribution < 1.29 is 4.79 Å². The summed E-state index contributed by atoms with van der Waals surface area (Å²) < 4.78 is 2.09. The van der Waals surface area contributed by atoms with Gasteiger partial charge in [0.05, 0.1) is 6.54 Å². The van der Waals surface area contributed by atoms with E-state index in [0.29, 0.717) is 18.4 Å². The molecule has 1 aromatic carbocycles. The SMILES string of the molecule is Cl.O=C1CCC2(CCNCC2)CN1Cc1nncn1CCc1ccccc1. The summed E-state index contributed by atoms with van der Waals surface area (Å²) in [6.45, 7) is 4.40. The number of nitrogens with one attached hydrogen (secondary N) is 1. The molecule has 0 radical (unpaired) electrons. The summed E-state index contributed by atoms with van der Waals surface area (Å²) >= 11 is 0. The van der Waals surface area contributed by atoms with E-state index in [0.717, 1.165) is 57.7 Å². The molecule has 0 bridgehead atoms. The summed E-state index contributed by atoms with van der Waals surface area (Å²) in [5, 5.41) is 11.8. The molecule has 0 atom stereocenters. The first-order valence-corrected chi connectivity index (χ1v) is 9.63. The van der Waals surface area contributed by atoms with Crippen molar-refractivity contribution in [3.05, 3.63) is 48.0 Å². The van der Waals surface area contributed by atoms with Crippen LogP contribution in [-0.4, -0.2) is 45.2 Å². The number of aryl methyl sites for hydroxylation is 2. The van der Waals surface area contributed by atoms with Gasteiger partial charge in [-0.3, -0.25) is 4.79 Å². The van der Waals surface area contributed by atoms with Crippen molar-refractivity contribution in [2.75, 3.05) is 19.6 Å². The molecule has 1 aromatic heterocycles. The molecule has 0 saturated carbocycles. The molecular weight excluding hydrogens is 362 g/mol. The average molecular weight is 390 g/mol. The third kappa shape index (κ3) is 4.68. The maximum absolute atomic E-state index is 12.5. The number of piperidine rings is 2. The highest BCUT2D eigenvalue weighted by Crippen LogP contribution is 2.38. The highest BCUT2D eigenvalue weighted by Gasteiger charge is 2.39. The summed E-state index contributed by atoms with van der Waals surface area (Å²) in [5.74, 6) is 1.15. The summed E-state index contributed by atoms with van der Waals surface area (Å²) in [6.07, 6.45) is 6.75. The predicted octanol–water partition coefficient (Wildman–Crippen LogP) is 2.43. The van der Waals surface area contributed by atoms with Gasteiger partial charge in [-0.1, -0.05) is 30.3 Å². The number of benzene rings is 1. The quantitative estimate of drug-likeness (QED) is 0.853. The summed E-state index contributed by atoms with van der Waals surface area (Å²) in [5.41, 5.74) is 1.60. The van der Waals surface area contributed by atoms with Crippen LogP contribution in [-0.2, 0) is 24.3 Å². The molecule has 2 fully saturated rings. The molecule has 2 aliphatic heterocycles. The van der Waals surface area contributed by atoms with Crippen LogP contribution in [0.3, 0.4) is 0 Å². The Kier molecular flexibility index (Phi) is 6.50. The highest BCUT2D eigenvalue weighted by atomic mass is 35.5. The molecule has 7 heteroatoms. The number of carbonyl (C=O) groups is 1. The largest absolute Gasteiger partial charge is 0.335 e. The molecule has 6 nitrogen and oxygen atoms in total. The molecule has 1 spiro atoms. The van der Waals surface area contributed by atoms with Crippen molar-refractivity contribution in [3.63, 3.8) is 0 Å². The van der Waals surface area contributed by atoms with Gasteiger partial charge in [0.2, 0.25) is 5.91 Å². The molecule has 146 valence electrons. The number of rotatable bonds is 5. The number of amides is 1. The van der Waals surface area contributed by atoms with Crippen molar-refractivity contribution in [2.45, 2.75) is 45.2 Å². The van der Waals surface area contributed by atoms with Crippen LogP contribution in [0.1, 0.15) is 37.1 Å². The molecule has 2 aromatic rings. The number of nitrogens with zero attached hydrogens (tertiary/aromatic N) is 4. The lowest BCUT2D eigenvalue weighted by molar-refractivity contribution is -0.139. The minimum absolute atomic E-state index is 0. The molecule has 1 amide bonds. The maximum atomic E-state index is 12.5. The highest BCUT2D eigenvalue weighted by molar-refractivity contribution is 5.85. The number of likely N-dealkylation sites (tertiary alicyclic amines) is 1. The smallest absolute Gasteiger partial charge is 0.223 e. The van der Waals surface area contributed by atoms with Gasteiger partial charge in [0.1, 0.15) is 6.33 Å². The Morgan fingerprint density at radius 1 is 1.11 bits per heavy atom. The molecule has 0 unspecified atom stereocenters. The van der Waals surface area contributed by atoms with Crippen LogP contribution in [0.25, 0.3) is 0 Å². The van der Waals surface area contributed by atoms with Crippen molar-refractivity contribution in [1.82, 2.24) is 25.0 Å². The van der Waals surface area contributed by atoms with E-state index in [4.69, 9.17) is 0 Å². The number of carbonyl (C=O) groups excluding carboxylic acids is 1. The number of aromatic nitrogens is 3. The van der Waals surface area contributed by atoms with E-state index in [1.165, 1.54) is 5.56 Å². The van der Waals surface area contributed by atoms with Crippen LogP contribution in [0.15, 0.2) is 36.7 Å². The van der Waals surface area contributed by atoms with E-state index in [1.807, 2.05) is 11.0 Å². The van der Waals surface area contributed by atoms with E-state index < -0.39 is 0 Å². The number of halogens is 1. The normalized spacial score (nSPS) is 19.1. The first-order valence-electron chi connectivity index (χ1n) is 9.63. The Morgan fingerprint density at radius 3 is 2.67 bits per heavy atom. The van der Waals surface area contributed by atoms with E-state index in [-0.39, 0.29) is 18.3 Å². The fraction of sp³-hybridized carbons (Fsp3) is 0.550. The van der Waals surface area contributed by atoms with Crippen molar-refractivity contribution in [2.24, 2.45) is 5.41 Å². The van der Waals surface area contributed by atoms with Gasteiger partial charge in [0.15, 0.2) is 5.82 Å². The van der Waals surface area contributed by atoms with Crippen LogP contribution in [0.2, 0.25) is 0 Å². The van der Waals surface area contributed by atoms with Crippen molar-refractivity contribution in [1.29, 1.82) is 0 Å². The van der Waals surface area contributed by atoms with Gasteiger partial charge < -0.3 is 14.8 Å². The van der Waals surface area contributed by atoms with Crippen molar-refractivity contribution in [3.8, 4) is 0 Å². The molecule has 2 saturated heterocycles. The van der Waals surface area contributed by atoms with Gasteiger partial charge in [-0.05, 0) is 49.8 Å². The van der Waals surface area contributed by atoms with Crippen LogP contribution in [0.5, 0.6) is 0 Å². The topological polar surface area (TPSA) is 63.1 Å². The summed E-state index contributed by atoms with van der Waals surface area (Å²) in [4.78, 5) is 14.5. The lowest BCUT2D eigenvalue weighted by atomic mass is 9.73. The van der Waals surface area contributed by atoms with Gasteiger partial charge in [-0.15, -0.1) is 22.6 Å². The Balaban J connectivity index is 0.00000210. The molecule has 4 rings (SSSR count). The third-order valence-electron chi connectivity index (χ3n) is 5.92. The zero-order chi connectivity index (χ0) is 17.8. The average Bonchev–Trinajstić information content (AvgIpc) is 3.12. The Hall–Kier alpha value is -1.92. The molecule has 1 N–H and O–H groups in total. The monoisotopic (exact) mass is 389 g/mol. The maximum Gasteiger partial charge on any atom is 0.223 e. The van der Waals surface area contributed by atoms with Gasteiger partial charge in [-0.2, -0.15) is 0 Å². The second-order valence-corrected chi connectivity index (χ2v) is 7.68. The standard InChI is InChI=1S/C20H27N5O.ClH/c26-19-6-8-20(9-11-21-12-10-20)15-25(19)14-18-23-22-16-24(18)13-7-17-4-2-1-3-5-17;/h1-5,16,21H,6-15H2;1H. The van der Waals surface area contributed by atoms with Crippen molar-refractivity contribution >= 4 is 18.3 Å². The fourth-order valence-corrected chi connectivity index (χ4v) is 4.26. The van der Waals surface area contributed by atoms with E-state index in [9.17, 15) is 4.79 Å². The lowest BCUT2D eigenvalue weighted by Gasteiger charge is -2.45. The minimum Gasteiger partial charge on any atom is -0.335 e. The predicted molar refractivity (Wildman–Crippen MR) is 107 cm³/mol. The summed E-state index contributed by atoms with van der Waals surface area (Å²) in [6, 6.07) is 10.4. The Bertz CT molecular complexity index is 742. The number of hydrogen-bond acceptors (Lipinski definition) is 4. The van der Waals surface area contributed by atoms with Crippen LogP contribution in [0, 0.1) is 5.41 Å². The first-order chi connectivity index (χ1) is 12.7. The minimum atomic E-state index is 0. The molecule has 3 heterocycles. The van der Waals surface area contributed by atoms with E-state index in [2.05, 4.69) is 44.3 Å². The second kappa shape index (κ2) is 8.85. The van der Waals surface area contributed by atoms with Crippen LogP contribution < -0.4 is 5.32 Å². The molecule has 0 aliphatic carbocycles. The van der Waals surface area contributed by atoms with Gasteiger partial charge in [0.25, 0.3) is 0 Å². The molecule has 2 aliphatic rings. The van der Waals surface area contributed by atoms with Gasteiger partial charge >= 0.3 is 0 Å². The second-order valence-electron chi connectivity index (χ2n) is 7.68. The molecular formula is C20H28ClN5O. The zero-order valence-electron chi connectivity index (χ0n) is 15.6. The third-order valence-corrected chi connectivity index (χ3v) is 5.92. The van der Waals surface area contributed by atoms with E-state index in [1.54, 1.807) is 6.33 Å². The Labute approximate surface area is 166 Å². The summed E-state index contributed by atoms with van der Waals surface area (Å²) in [7, 11) is 0. The Morgan fingerprint density at radius 2 is 1.89 bits per heavy atom. The lowest BCUT2D eigenvalue weighted by Crippen LogP contribution is -2.50. The zero-order valence-corrected chi connectivity index (χ0v) is 16.5. The first kappa shape index (κ1) is 19.8. The van der Waals surface area contributed by atoms with Crippen LogP contribution in [0.4, 0.5) is 0 Å².